The van der Waals surface area contributed by atoms with Crippen molar-refractivity contribution in [2.75, 3.05) is 20.2 Å². The molecular weight excluding hydrogens is 434 g/mol. The molecular formula is C25H35N5O4. The summed E-state index contributed by atoms with van der Waals surface area (Å²) in [6.45, 7) is 9.41. The molecule has 2 N–H and O–H groups in total. The number of methoxy groups -OCH3 is 1. The van der Waals surface area contributed by atoms with Gasteiger partial charge < -0.3 is 24.8 Å². The van der Waals surface area contributed by atoms with E-state index in [4.69, 9.17) is 4.74 Å². The third-order valence-corrected chi connectivity index (χ3v) is 6.13. The number of imidazole rings is 1. The van der Waals surface area contributed by atoms with Crippen LogP contribution in [0.1, 0.15) is 67.1 Å². The second-order valence-corrected chi connectivity index (χ2v) is 9.27. The average molecular weight is 470 g/mol. The number of aromatic nitrogens is 2. The van der Waals surface area contributed by atoms with Crippen LogP contribution in [0.5, 0.6) is 5.75 Å². The lowest BCUT2D eigenvalue weighted by Gasteiger charge is -2.43. The zero-order valence-electron chi connectivity index (χ0n) is 20.7. The van der Waals surface area contributed by atoms with Crippen LogP contribution in [0, 0.1) is 5.92 Å². The number of hydrogen-bond donors (Lipinski definition) is 2. The van der Waals surface area contributed by atoms with Crippen LogP contribution in [0.2, 0.25) is 0 Å². The minimum atomic E-state index is -1.06. The number of rotatable bonds is 10. The number of nitrogens with one attached hydrogen (secondary N) is 2. The van der Waals surface area contributed by atoms with Crippen LogP contribution < -0.4 is 15.4 Å². The lowest BCUT2D eigenvalue weighted by atomic mass is 9.93. The molecule has 2 aromatic rings. The van der Waals surface area contributed by atoms with Crippen LogP contribution in [0.4, 0.5) is 0 Å². The lowest BCUT2D eigenvalue weighted by Crippen LogP contribution is -2.64. The molecule has 1 aliphatic rings. The van der Waals surface area contributed by atoms with Gasteiger partial charge in [-0.25, -0.2) is 4.98 Å². The largest absolute Gasteiger partial charge is 0.497 e. The van der Waals surface area contributed by atoms with Gasteiger partial charge in [0, 0.05) is 19.6 Å². The lowest BCUT2D eigenvalue weighted by molar-refractivity contribution is -0.132. The maximum atomic E-state index is 13.5. The third-order valence-electron chi connectivity index (χ3n) is 6.13. The van der Waals surface area contributed by atoms with Gasteiger partial charge in [-0.05, 0) is 43.4 Å². The Labute approximate surface area is 200 Å². The average Bonchev–Trinajstić information content (AvgIpc) is 3.24. The van der Waals surface area contributed by atoms with Crippen molar-refractivity contribution in [3.8, 4) is 5.75 Å². The summed E-state index contributed by atoms with van der Waals surface area (Å²) in [5.41, 5.74) is 0.121. The molecule has 0 aliphatic carbocycles. The molecule has 0 saturated carbocycles. The zero-order chi connectivity index (χ0) is 24.9. The van der Waals surface area contributed by atoms with E-state index >= 15 is 0 Å². The van der Waals surface area contributed by atoms with Crippen molar-refractivity contribution in [1.29, 1.82) is 0 Å². The summed E-state index contributed by atoms with van der Waals surface area (Å²) in [6.07, 6.45) is 3.02. The number of amides is 3. The van der Waals surface area contributed by atoms with Crippen LogP contribution in [-0.2, 0) is 17.9 Å². The molecule has 0 saturated heterocycles. The van der Waals surface area contributed by atoms with Gasteiger partial charge in [0.25, 0.3) is 11.8 Å². The number of fused-ring (bicyclic) bond motifs is 1. The number of nitrogens with zero attached hydrogens (tertiary/aromatic N) is 3. The van der Waals surface area contributed by atoms with Gasteiger partial charge in [-0.1, -0.05) is 32.9 Å². The van der Waals surface area contributed by atoms with E-state index in [-0.39, 0.29) is 36.3 Å². The molecule has 3 amide bonds. The maximum Gasteiger partial charge on any atom is 0.273 e. The van der Waals surface area contributed by atoms with Crippen LogP contribution >= 0.6 is 0 Å². The normalized spacial score (nSPS) is 17.5. The molecule has 9 nitrogen and oxygen atoms in total. The number of ether oxygens (including phenoxy) is 1. The minimum absolute atomic E-state index is 0.0712. The Kier molecular flexibility index (Phi) is 7.96. The topological polar surface area (TPSA) is 106 Å². The molecule has 0 bridgehead atoms. The van der Waals surface area contributed by atoms with Gasteiger partial charge in [-0.15, -0.1) is 0 Å². The molecule has 0 spiro atoms. The summed E-state index contributed by atoms with van der Waals surface area (Å²) < 4.78 is 6.78. The van der Waals surface area contributed by atoms with E-state index in [9.17, 15) is 14.4 Å². The molecule has 1 aliphatic heterocycles. The van der Waals surface area contributed by atoms with E-state index in [1.807, 2.05) is 31.2 Å². The van der Waals surface area contributed by atoms with Crippen LogP contribution in [0.15, 0.2) is 30.6 Å². The summed E-state index contributed by atoms with van der Waals surface area (Å²) in [4.78, 5) is 45.4. The Morgan fingerprint density at radius 1 is 1.21 bits per heavy atom. The van der Waals surface area contributed by atoms with E-state index in [1.165, 1.54) is 6.33 Å². The second-order valence-electron chi connectivity index (χ2n) is 9.27. The molecule has 2 heterocycles. The summed E-state index contributed by atoms with van der Waals surface area (Å²) in [6, 6.07) is 7.36. The van der Waals surface area contributed by atoms with Crippen LogP contribution in [-0.4, -0.2) is 57.9 Å². The van der Waals surface area contributed by atoms with Crippen LogP contribution in [0.25, 0.3) is 0 Å². The first-order chi connectivity index (χ1) is 16.2. The van der Waals surface area contributed by atoms with Crippen molar-refractivity contribution >= 4 is 17.7 Å². The Hall–Kier alpha value is -3.36. The summed E-state index contributed by atoms with van der Waals surface area (Å²) in [5, 5.41) is 5.82. The van der Waals surface area contributed by atoms with Crippen molar-refractivity contribution in [2.24, 2.45) is 5.92 Å². The fourth-order valence-electron chi connectivity index (χ4n) is 4.10. The number of carbonyl (C=O) groups is 3. The highest BCUT2D eigenvalue weighted by Crippen LogP contribution is 2.29. The second kappa shape index (κ2) is 10.7. The maximum absolute atomic E-state index is 13.5. The summed E-state index contributed by atoms with van der Waals surface area (Å²) in [5.74, 6) is 0.212. The smallest absolute Gasteiger partial charge is 0.273 e. The number of benzene rings is 1. The first-order valence-electron chi connectivity index (χ1n) is 11.8. The van der Waals surface area contributed by atoms with Gasteiger partial charge in [0.05, 0.1) is 20.0 Å². The molecule has 1 aromatic carbocycles. The predicted molar refractivity (Wildman–Crippen MR) is 129 cm³/mol. The molecule has 184 valence electrons. The molecule has 0 unspecified atom stereocenters. The summed E-state index contributed by atoms with van der Waals surface area (Å²) in [7, 11) is 1.60. The highest BCUT2D eigenvalue weighted by molar-refractivity contribution is 6.07. The standard InChI is InChI=1S/C25H35N5O4/c1-6-13-30-23(32)21-20(22(31)27-14-18-7-9-19(34-5)10-8-18)28-16-29(21)15-25(30,4)24(33)26-12-11-17(2)3/h7-10,16-17H,6,11-15H2,1-5H3,(H,26,33)(H,27,31)/t25-/m1/s1. The monoisotopic (exact) mass is 469 g/mol. The SMILES string of the molecule is CCCN1C(=O)c2c(C(=O)NCc3ccc(OC)cc3)ncn2C[C@]1(C)C(=O)NCCC(C)C. The Morgan fingerprint density at radius 3 is 2.53 bits per heavy atom. The van der Waals surface area contributed by atoms with Crippen molar-refractivity contribution < 1.29 is 19.1 Å². The van der Waals surface area contributed by atoms with E-state index in [0.717, 1.165) is 17.7 Å². The van der Waals surface area contributed by atoms with Crippen molar-refractivity contribution in [3.05, 3.63) is 47.5 Å². The van der Waals surface area contributed by atoms with Gasteiger partial charge in [-0.2, -0.15) is 0 Å². The minimum Gasteiger partial charge on any atom is -0.497 e. The molecule has 3 rings (SSSR count). The van der Waals surface area contributed by atoms with E-state index in [2.05, 4.69) is 29.5 Å². The molecule has 1 atom stereocenters. The first kappa shape index (κ1) is 25.3. The van der Waals surface area contributed by atoms with E-state index < -0.39 is 11.4 Å². The predicted octanol–water partition coefficient (Wildman–Crippen LogP) is 2.61. The Morgan fingerprint density at radius 2 is 1.91 bits per heavy atom. The van der Waals surface area contributed by atoms with Gasteiger partial charge in [-0.3, -0.25) is 14.4 Å². The fourth-order valence-corrected chi connectivity index (χ4v) is 4.10. The Bertz CT molecular complexity index is 1030. The van der Waals surface area contributed by atoms with E-state index in [1.54, 1.807) is 23.5 Å². The quantitative estimate of drug-likeness (QED) is 0.557. The third kappa shape index (κ3) is 5.24. The number of carbonyl (C=O) groups excluding carboxylic acids is 3. The summed E-state index contributed by atoms with van der Waals surface area (Å²) >= 11 is 0. The highest BCUT2D eigenvalue weighted by atomic mass is 16.5. The van der Waals surface area contributed by atoms with Crippen molar-refractivity contribution in [3.63, 3.8) is 0 Å². The molecule has 0 radical (unpaired) electrons. The highest BCUT2D eigenvalue weighted by Gasteiger charge is 2.48. The molecule has 0 fully saturated rings. The molecule has 34 heavy (non-hydrogen) atoms. The van der Waals surface area contributed by atoms with Crippen LogP contribution in [0.3, 0.4) is 0 Å². The van der Waals surface area contributed by atoms with Gasteiger partial charge in [0.1, 0.15) is 17.0 Å². The Balaban J connectivity index is 1.79. The molecule has 9 heteroatoms. The van der Waals surface area contributed by atoms with Crippen molar-refractivity contribution in [2.45, 2.75) is 59.2 Å². The molecule has 1 aromatic heterocycles. The van der Waals surface area contributed by atoms with Crippen molar-refractivity contribution in [1.82, 2.24) is 25.1 Å². The number of hydrogen-bond acceptors (Lipinski definition) is 5. The van der Waals surface area contributed by atoms with Gasteiger partial charge in [0.2, 0.25) is 5.91 Å². The zero-order valence-corrected chi connectivity index (χ0v) is 20.7. The van der Waals surface area contributed by atoms with Gasteiger partial charge in [0.15, 0.2) is 5.69 Å². The first-order valence-corrected chi connectivity index (χ1v) is 11.8. The van der Waals surface area contributed by atoms with E-state index in [0.29, 0.717) is 25.4 Å². The van der Waals surface area contributed by atoms with Gasteiger partial charge >= 0.3 is 0 Å². The fraction of sp³-hybridized carbons (Fsp3) is 0.520.